The lowest BCUT2D eigenvalue weighted by molar-refractivity contribution is 0.172. The van der Waals surface area contributed by atoms with E-state index in [4.69, 9.17) is 0 Å². The molecule has 0 aromatic carbocycles. The highest BCUT2D eigenvalue weighted by Gasteiger charge is 2.24. The van der Waals surface area contributed by atoms with Gasteiger partial charge in [0.15, 0.2) is 0 Å². The molecule has 1 N–H and O–H groups in total. The van der Waals surface area contributed by atoms with E-state index in [1.807, 2.05) is 11.3 Å². The first-order valence-corrected chi connectivity index (χ1v) is 8.57. The third kappa shape index (κ3) is 4.29. The number of rotatable bonds is 6. The van der Waals surface area contributed by atoms with Crippen molar-refractivity contribution in [1.29, 1.82) is 0 Å². The first-order valence-electron chi connectivity index (χ1n) is 7.69. The molecule has 3 atom stereocenters. The molecule has 0 aliphatic carbocycles. The van der Waals surface area contributed by atoms with Gasteiger partial charge in [0.05, 0.1) is 6.04 Å². The van der Waals surface area contributed by atoms with Gasteiger partial charge in [0, 0.05) is 24.0 Å². The Kier molecular flexibility index (Phi) is 6.02. The summed E-state index contributed by atoms with van der Waals surface area (Å²) in [6, 6.07) is 5.48. The van der Waals surface area contributed by atoms with E-state index in [-0.39, 0.29) is 0 Å². The number of nitrogens with one attached hydrogen (secondary N) is 1. The summed E-state index contributed by atoms with van der Waals surface area (Å²) in [5, 5.41) is 5.95. The van der Waals surface area contributed by atoms with Crippen molar-refractivity contribution in [2.24, 2.45) is 5.92 Å². The van der Waals surface area contributed by atoms with Crippen molar-refractivity contribution in [3.05, 3.63) is 22.4 Å². The highest BCUT2D eigenvalue weighted by molar-refractivity contribution is 7.10. The van der Waals surface area contributed by atoms with Crippen LogP contribution < -0.4 is 5.32 Å². The molecule has 1 fully saturated rings. The van der Waals surface area contributed by atoms with Crippen molar-refractivity contribution in [2.45, 2.75) is 31.8 Å². The molecule has 1 aliphatic heterocycles. The number of nitrogens with zero attached hydrogens (tertiary/aromatic N) is 2. The van der Waals surface area contributed by atoms with Gasteiger partial charge in [-0.1, -0.05) is 6.07 Å². The minimum atomic E-state index is 0.485. The second kappa shape index (κ2) is 7.55. The third-order valence-electron chi connectivity index (χ3n) is 4.50. The van der Waals surface area contributed by atoms with Gasteiger partial charge in [-0.25, -0.2) is 0 Å². The zero-order valence-corrected chi connectivity index (χ0v) is 14.1. The summed E-state index contributed by atoms with van der Waals surface area (Å²) < 4.78 is 0. The molecule has 0 bridgehead atoms. The van der Waals surface area contributed by atoms with Crippen molar-refractivity contribution in [3.8, 4) is 0 Å². The Morgan fingerprint density at radius 3 is 2.90 bits per heavy atom. The third-order valence-corrected chi connectivity index (χ3v) is 5.47. The van der Waals surface area contributed by atoms with Gasteiger partial charge in [0.2, 0.25) is 0 Å². The van der Waals surface area contributed by atoms with Gasteiger partial charge in [-0.3, -0.25) is 0 Å². The van der Waals surface area contributed by atoms with Crippen LogP contribution in [0.1, 0.15) is 30.7 Å². The molecule has 1 saturated heterocycles. The minimum Gasteiger partial charge on any atom is -0.312 e. The first-order chi connectivity index (χ1) is 9.58. The highest BCUT2D eigenvalue weighted by Crippen LogP contribution is 2.24. The summed E-state index contributed by atoms with van der Waals surface area (Å²) in [4.78, 5) is 6.24. The molecule has 0 radical (unpaired) electrons. The summed E-state index contributed by atoms with van der Waals surface area (Å²) >= 11 is 1.86. The van der Waals surface area contributed by atoms with E-state index >= 15 is 0 Å². The molecule has 2 rings (SSSR count). The van der Waals surface area contributed by atoms with Gasteiger partial charge >= 0.3 is 0 Å². The van der Waals surface area contributed by atoms with Crippen LogP contribution in [0.5, 0.6) is 0 Å². The predicted molar refractivity (Wildman–Crippen MR) is 88.4 cm³/mol. The van der Waals surface area contributed by atoms with Crippen LogP contribution in [0.4, 0.5) is 0 Å². The Labute approximate surface area is 128 Å². The number of thiophene rings is 1. The van der Waals surface area contributed by atoms with Crippen molar-refractivity contribution in [1.82, 2.24) is 15.1 Å². The second-order valence-electron chi connectivity index (χ2n) is 6.36. The smallest absolute Gasteiger partial charge is 0.0561 e. The Hall–Kier alpha value is -0.420. The van der Waals surface area contributed by atoms with E-state index < -0.39 is 0 Å². The van der Waals surface area contributed by atoms with Crippen molar-refractivity contribution in [2.75, 3.05) is 40.8 Å². The highest BCUT2D eigenvalue weighted by atomic mass is 32.1. The molecule has 4 heteroatoms. The van der Waals surface area contributed by atoms with Gasteiger partial charge in [-0.05, 0) is 64.8 Å². The summed E-state index contributed by atoms with van der Waals surface area (Å²) in [5.41, 5.74) is 0. The van der Waals surface area contributed by atoms with Gasteiger partial charge < -0.3 is 15.1 Å². The molecule has 3 unspecified atom stereocenters. The maximum Gasteiger partial charge on any atom is 0.0561 e. The van der Waals surface area contributed by atoms with Gasteiger partial charge in [0.1, 0.15) is 0 Å². The number of likely N-dealkylation sites (N-methyl/N-ethyl adjacent to an activating group) is 1. The number of hydrogen-bond acceptors (Lipinski definition) is 4. The molecule has 2 heterocycles. The van der Waals surface area contributed by atoms with Crippen LogP contribution in [-0.2, 0) is 0 Å². The normalized spacial score (nSPS) is 23.9. The molecule has 1 aliphatic rings. The zero-order chi connectivity index (χ0) is 14.5. The van der Waals surface area contributed by atoms with Crippen LogP contribution in [0.3, 0.4) is 0 Å². The van der Waals surface area contributed by atoms with Crippen LogP contribution in [0.25, 0.3) is 0 Å². The molecule has 0 spiro atoms. The fourth-order valence-corrected chi connectivity index (χ4v) is 4.02. The van der Waals surface area contributed by atoms with E-state index in [1.165, 1.54) is 30.8 Å². The quantitative estimate of drug-likeness (QED) is 0.870. The largest absolute Gasteiger partial charge is 0.312 e. The van der Waals surface area contributed by atoms with E-state index in [9.17, 15) is 0 Å². The van der Waals surface area contributed by atoms with Gasteiger partial charge in [-0.2, -0.15) is 0 Å². The number of likely N-dealkylation sites (tertiary alicyclic amines) is 1. The topological polar surface area (TPSA) is 18.5 Å². The van der Waals surface area contributed by atoms with Crippen molar-refractivity contribution < 1.29 is 0 Å². The van der Waals surface area contributed by atoms with Crippen LogP contribution in [0.2, 0.25) is 0 Å². The lowest BCUT2D eigenvalue weighted by atomic mass is 9.92. The average Bonchev–Trinajstić information content (AvgIpc) is 2.92. The fraction of sp³-hybridized carbons (Fsp3) is 0.750. The molecule has 1 aromatic rings. The summed E-state index contributed by atoms with van der Waals surface area (Å²) in [6.07, 6.45) is 2.71. The summed E-state index contributed by atoms with van der Waals surface area (Å²) in [6.45, 7) is 5.89. The second-order valence-corrected chi connectivity index (χ2v) is 7.34. The van der Waals surface area contributed by atoms with E-state index in [1.54, 1.807) is 0 Å². The van der Waals surface area contributed by atoms with E-state index in [0.717, 1.165) is 12.5 Å². The van der Waals surface area contributed by atoms with Crippen LogP contribution in [0.15, 0.2) is 17.5 Å². The maximum absolute atomic E-state index is 3.78. The fourth-order valence-electron chi connectivity index (χ4n) is 3.10. The minimum absolute atomic E-state index is 0.485. The van der Waals surface area contributed by atoms with Gasteiger partial charge in [0.25, 0.3) is 0 Å². The lowest BCUT2D eigenvalue weighted by Crippen LogP contribution is -2.45. The Bertz CT molecular complexity index is 377. The lowest BCUT2D eigenvalue weighted by Gasteiger charge is -2.35. The molecule has 20 heavy (non-hydrogen) atoms. The molecule has 114 valence electrons. The molecule has 0 saturated carbocycles. The standard InChI is InChI=1S/C16H29N3S/c1-13(14-7-5-9-19(4)12-14)17-11-15(18(2)3)16-8-6-10-20-16/h6,8,10,13-15,17H,5,7,9,11-12H2,1-4H3. The average molecular weight is 295 g/mol. The van der Waals surface area contributed by atoms with Crippen molar-refractivity contribution >= 4 is 11.3 Å². The molecule has 1 aromatic heterocycles. The zero-order valence-electron chi connectivity index (χ0n) is 13.3. The Morgan fingerprint density at radius 1 is 1.50 bits per heavy atom. The molecule has 0 amide bonds. The Balaban J connectivity index is 1.86. The molecular formula is C16H29N3S. The Morgan fingerprint density at radius 2 is 2.30 bits per heavy atom. The van der Waals surface area contributed by atoms with Gasteiger partial charge in [-0.15, -0.1) is 11.3 Å². The summed E-state index contributed by atoms with van der Waals surface area (Å²) in [5.74, 6) is 0.792. The van der Waals surface area contributed by atoms with Crippen LogP contribution >= 0.6 is 11.3 Å². The molecule has 3 nitrogen and oxygen atoms in total. The van der Waals surface area contributed by atoms with Crippen LogP contribution in [0, 0.1) is 5.92 Å². The molecular weight excluding hydrogens is 266 g/mol. The van der Waals surface area contributed by atoms with E-state index in [2.05, 4.69) is 60.7 Å². The van der Waals surface area contributed by atoms with Crippen molar-refractivity contribution in [3.63, 3.8) is 0 Å². The maximum atomic E-state index is 3.78. The SMILES string of the molecule is CC(NCC(c1cccs1)N(C)C)C1CCCN(C)C1. The monoisotopic (exact) mass is 295 g/mol. The first kappa shape index (κ1) is 16.0. The summed E-state index contributed by atoms with van der Waals surface area (Å²) in [7, 11) is 6.59. The number of hydrogen-bond donors (Lipinski definition) is 1. The van der Waals surface area contributed by atoms with E-state index in [0.29, 0.717) is 12.1 Å². The number of piperidine rings is 1. The van der Waals surface area contributed by atoms with Crippen LogP contribution in [-0.4, -0.2) is 56.6 Å². The predicted octanol–water partition coefficient (Wildman–Crippen LogP) is 2.67.